The van der Waals surface area contributed by atoms with Crippen molar-refractivity contribution in [3.63, 3.8) is 0 Å². The maximum absolute atomic E-state index is 10.6. The third-order valence-corrected chi connectivity index (χ3v) is 3.17. The smallest absolute Gasteiger partial charge is 0.129 e. The predicted molar refractivity (Wildman–Crippen MR) is 70.9 cm³/mol. The number of benzene rings is 1. The summed E-state index contributed by atoms with van der Waals surface area (Å²) in [6, 6.07) is 10.7. The molecule has 0 saturated carbocycles. The van der Waals surface area contributed by atoms with Gasteiger partial charge < -0.3 is 9.84 Å². The van der Waals surface area contributed by atoms with Crippen LogP contribution in [0.2, 0.25) is 5.15 Å². The maximum Gasteiger partial charge on any atom is 0.129 e. The molecule has 0 aliphatic rings. The Bertz CT molecular complexity index is 520. The number of methoxy groups -OCH3 is 1. The lowest BCUT2D eigenvalue weighted by molar-refractivity contribution is 0.102. The van der Waals surface area contributed by atoms with Gasteiger partial charge in [-0.25, -0.2) is 4.98 Å². The summed E-state index contributed by atoms with van der Waals surface area (Å²) in [6.45, 7) is 1.72. The fourth-order valence-electron chi connectivity index (χ4n) is 1.75. The Hall–Kier alpha value is -1.58. The zero-order valence-electron chi connectivity index (χ0n) is 10.2. The third-order valence-electron chi connectivity index (χ3n) is 2.94. The monoisotopic (exact) mass is 263 g/mol. The molecule has 1 aromatic heterocycles. The summed E-state index contributed by atoms with van der Waals surface area (Å²) in [4.78, 5) is 3.99. The Kier molecular flexibility index (Phi) is 3.55. The minimum atomic E-state index is -1.11. The summed E-state index contributed by atoms with van der Waals surface area (Å²) in [7, 11) is 1.61. The van der Waals surface area contributed by atoms with E-state index in [1.807, 2.05) is 24.3 Å². The van der Waals surface area contributed by atoms with E-state index in [1.54, 1.807) is 32.4 Å². The Balaban J connectivity index is 2.37. The fraction of sp³-hybridized carbons (Fsp3) is 0.214. The van der Waals surface area contributed by atoms with E-state index in [1.165, 1.54) is 0 Å². The molecule has 0 fully saturated rings. The molecule has 4 heteroatoms. The number of halogens is 1. The second-order valence-corrected chi connectivity index (χ2v) is 4.56. The van der Waals surface area contributed by atoms with E-state index in [0.717, 1.165) is 11.3 Å². The molecule has 2 aromatic rings. The number of pyridine rings is 1. The van der Waals surface area contributed by atoms with E-state index in [0.29, 0.717) is 10.7 Å². The lowest BCUT2D eigenvalue weighted by atomic mass is 9.89. The summed E-state index contributed by atoms with van der Waals surface area (Å²) >= 11 is 5.74. The van der Waals surface area contributed by atoms with Crippen molar-refractivity contribution < 1.29 is 9.84 Å². The maximum atomic E-state index is 10.6. The first-order chi connectivity index (χ1) is 8.54. The summed E-state index contributed by atoms with van der Waals surface area (Å²) in [5.74, 6) is 0.754. The molecule has 1 heterocycles. The van der Waals surface area contributed by atoms with Gasteiger partial charge in [0.05, 0.1) is 7.11 Å². The number of rotatable bonds is 3. The number of nitrogens with zero attached hydrogens (tertiary/aromatic N) is 1. The van der Waals surface area contributed by atoms with Gasteiger partial charge in [0.2, 0.25) is 0 Å². The van der Waals surface area contributed by atoms with Gasteiger partial charge in [0.15, 0.2) is 0 Å². The molecule has 1 N–H and O–H groups in total. The van der Waals surface area contributed by atoms with Crippen LogP contribution >= 0.6 is 11.6 Å². The SMILES string of the molecule is COc1ccc([C@@](C)(O)c2ccc(Cl)nc2)cc1. The molecule has 0 unspecified atom stereocenters. The van der Waals surface area contributed by atoms with Gasteiger partial charge in [-0.05, 0) is 30.7 Å². The largest absolute Gasteiger partial charge is 0.497 e. The highest BCUT2D eigenvalue weighted by Crippen LogP contribution is 2.30. The van der Waals surface area contributed by atoms with Crippen LogP contribution < -0.4 is 4.74 Å². The van der Waals surface area contributed by atoms with Crippen molar-refractivity contribution in [1.82, 2.24) is 4.98 Å². The van der Waals surface area contributed by atoms with Crippen LogP contribution in [0.5, 0.6) is 5.75 Å². The molecule has 3 nitrogen and oxygen atoms in total. The van der Waals surface area contributed by atoms with Gasteiger partial charge in [0.1, 0.15) is 16.5 Å². The van der Waals surface area contributed by atoms with Gasteiger partial charge in [-0.15, -0.1) is 0 Å². The Morgan fingerprint density at radius 1 is 1.11 bits per heavy atom. The molecule has 0 bridgehead atoms. The van der Waals surface area contributed by atoms with Crippen molar-refractivity contribution in [3.05, 3.63) is 58.9 Å². The van der Waals surface area contributed by atoms with E-state index in [-0.39, 0.29) is 0 Å². The fourth-order valence-corrected chi connectivity index (χ4v) is 1.86. The number of hydrogen-bond donors (Lipinski definition) is 1. The van der Waals surface area contributed by atoms with Crippen LogP contribution in [0, 0.1) is 0 Å². The number of hydrogen-bond acceptors (Lipinski definition) is 3. The molecule has 18 heavy (non-hydrogen) atoms. The van der Waals surface area contributed by atoms with E-state index >= 15 is 0 Å². The molecule has 1 aromatic carbocycles. The van der Waals surface area contributed by atoms with Crippen LogP contribution in [-0.2, 0) is 5.60 Å². The zero-order chi connectivity index (χ0) is 13.2. The molecule has 0 aliphatic carbocycles. The Morgan fingerprint density at radius 3 is 2.22 bits per heavy atom. The number of aliphatic hydroxyl groups is 1. The van der Waals surface area contributed by atoms with E-state index in [2.05, 4.69) is 4.98 Å². The first-order valence-electron chi connectivity index (χ1n) is 5.53. The summed E-state index contributed by atoms with van der Waals surface area (Å²) in [6.07, 6.45) is 1.58. The summed E-state index contributed by atoms with van der Waals surface area (Å²) in [5.41, 5.74) is 0.355. The van der Waals surface area contributed by atoms with Gasteiger partial charge in [-0.2, -0.15) is 0 Å². The van der Waals surface area contributed by atoms with Gasteiger partial charge in [0, 0.05) is 11.8 Å². The van der Waals surface area contributed by atoms with Crippen LogP contribution in [0.25, 0.3) is 0 Å². The average Bonchev–Trinajstić information content (AvgIpc) is 2.39. The highest BCUT2D eigenvalue weighted by molar-refractivity contribution is 6.29. The van der Waals surface area contributed by atoms with E-state index in [4.69, 9.17) is 16.3 Å². The van der Waals surface area contributed by atoms with Crippen LogP contribution in [0.15, 0.2) is 42.6 Å². The van der Waals surface area contributed by atoms with Crippen LogP contribution in [0.4, 0.5) is 0 Å². The molecule has 94 valence electrons. The highest BCUT2D eigenvalue weighted by Gasteiger charge is 2.25. The number of ether oxygens (including phenoxy) is 1. The van der Waals surface area contributed by atoms with Crippen molar-refractivity contribution in [2.75, 3.05) is 7.11 Å². The second-order valence-electron chi connectivity index (χ2n) is 4.17. The molecule has 0 spiro atoms. The molecule has 0 saturated heterocycles. The van der Waals surface area contributed by atoms with Gasteiger partial charge in [0.25, 0.3) is 0 Å². The van der Waals surface area contributed by atoms with Crippen LogP contribution in [0.3, 0.4) is 0 Å². The van der Waals surface area contributed by atoms with Crippen molar-refractivity contribution >= 4 is 11.6 Å². The molecule has 2 rings (SSSR count). The molecule has 0 radical (unpaired) electrons. The van der Waals surface area contributed by atoms with Crippen molar-refractivity contribution in [2.45, 2.75) is 12.5 Å². The second kappa shape index (κ2) is 4.96. The average molecular weight is 264 g/mol. The molecule has 1 atom stereocenters. The number of aromatic nitrogens is 1. The van der Waals surface area contributed by atoms with Gasteiger partial charge in [-0.3, -0.25) is 0 Å². The first kappa shape index (κ1) is 12.9. The van der Waals surface area contributed by atoms with Gasteiger partial charge >= 0.3 is 0 Å². The lowest BCUT2D eigenvalue weighted by Gasteiger charge is -2.24. The molecular weight excluding hydrogens is 250 g/mol. The summed E-state index contributed by atoms with van der Waals surface area (Å²) < 4.78 is 5.09. The minimum absolute atomic E-state index is 0.407. The van der Waals surface area contributed by atoms with Crippen molar-refractivity contribution in [1.29, 1.82) is 0 Å². The topological polar surface area (TPSA) is 42.4 Å². The molecule has 0 aliphatic heterocycles. The quantitative estimate of drug-likeness (QED) is 0.866. The van der Waals surface area contributed by atoms with Crippen LogP contribution in [-0.4, -0.2) is 17.2 Å². The third kappa shape index (κ3) is 2.47. The van der Waals surface area contributed by atoms with Crippen molar-refractivity contribution in [3.8, 4) is 5.75 Å². The predicted octanol–water partition coefficient (Wildman–Crippen LogP) is 3.00. The van der Waals surface area contributed by atoms with Gasteiger partial charge in [-0.1, -0.05) is 29.8 Å². The van der Waals surface area contributed by atoms with Crippen molar-refractivity contribution in [2.24, 2.45) is 0 Å². The van der Waals surface area contributed by atoms with E-state index in [9.17, 15) is 5.11 Å². The van der Waals surface area contributed by atoms with E-state index < -0.39 is 5.60 Å². The zero-order valence-corrected chi connectivity index (χ0v) is 11.0. The first-order valence-corrected chi connectivity index (χ1v) is 5.91. The Labute approximate surface area is 111 Å². The lowest BCUT2D eigenvalue weighted by Crippen LogP contribution is -2.22. The molecule has 0 amide bonds. The molecular formula is C14H14ClNO2. The highest BCUT2D eigenvalue weighted by atomic mass is 35.5. The summed E-state index contributed by atoms with van der Waals surface area (Å²) in [5, 5.41) is 11.0. The normalized spacial score (nSPS) is 14.0. The Morgan fingerprint density at radius 2 is 1.72 bits per heavy atom. The standard InChI is InChI=1S/C14H14ClNO2/c1-14(17,11-5-8-13(15)16-9-11)10-3-6-12(18-2)7-4-10/h3-9,17H,1-2H3/t14-/m1/s1. The van der Waals surface area contributed by atoms with Crippen LogP contribution in [0.1, 0.15) is 18.1 Å². The minimum Gasteiger partial charge on any atom is -0.497 e.